The normalized spacial score (nSPS) is 10.8. The van der Waals surface area contributed by atoms with Gasteiger partial charge in [-0.25, -0.2) is 4.68 Å². The summed E-state index contributed by atoms with van der Waals surface area (Å²) in [6.45, 7) is 2.47. The maximum Gasteiger partial charge on any atom is 0.259 e. The van der Waals surface area contributed by atoms with Crippen LogP contribution in [0.3, 0.4) is 0 Å². The molecule has 2 heterocycles. The quantitative estimate of drug-likeness (QED) is 0.353. The van der Waals surface area contributed by atoms with Crippen molar-refractivity contribution in [2.45, 2.75) is 13.5 Å². The lowest BCUT2D eigenvalue weighted by atomic mass is 10.1. The van der Waals surface area contributed by atoms with E-state index in [1.54, 1.807) is 18.0 Å². The Hall–Kier alpha value is -4.65. The highest BCUT2D eigenvalue weighted by Gasteiger charge is 2.23. The zero-order valence-corrected chi connectivity index (χ0v) is 19.6. The topological polar surface area (TPSA) is 74.0 Å². The van der Waals surface area contributed by atoms with Crippen LogP contribution in [0.15, 0.2) is 97.3 Å². The molecule has 0 fully saturated rings. The Morgan fingerprint density at radius 2 is 1.71 bits per heavy atom. The summed E-state index contributed by atoms with van der Waals surface area (Å²) in [5, 5.41) is 12.2. The SMILES string of the molecule is COc1cccc(Cn2cc(NC(=O)c3c(-c4ccccc4)nn(-c4ccccc4)c3C)cn2)c1. The minimum Gasteiger partial charge on any atom is -0.497 e. The van der Waals surface area contributed by atoms with Crippen molar-refractivity contribution in [1.82, 2.24) is 19.6 Å². The first-order chi connectivity index (χ1) is 17.1. The summed E-state index contributed by atoms with van der Waals surface area (Å²) >= 11 is 0. The van der Waals surface area contributed by atoms with E-state index in [4.69, 9.17) is 9.84 Å². The predicted octanol–water partition coefficient (Wildman–Crippen LogP) is 5.35. The average Bonchev–Trinajstić information content (AvgIpc) is 3.48. The van der Waals surface area contributed by atoms with Gasteiger partial charge in [-0.15, -0.1) is 0 Å². The third-order valence-electron chi connectivity index (χ3n) is 5.76. The van der Waals surface area contributed by atoms with Crippen molar-refractivity contribution < 1.29 is 9.53 Å². The molecule has 0 radical (unpaired) electrons. The van der Waals surface area contributed by atoms with E-state index in [9.17, 15) is 4.79 Å². The van der Waals surface area contributed by atoms with E-state index >= 15 is 0 Å². The molecule has 35 heavy (non-hydrogen) atoms. The maximum atomic E-state index is 13.5. The minimum atomic E-state index is -0.232. The molecule has 0 spiro atoms. The predicted molar refractivity (Wildman–Crippen MR) is 136 cm³/mol. The van der Waals surface area contributed by atoms with Gasteiger partial charge < -0.3 is 10.1 Å². The van der Waals surface area contributed by atoms with Crippen LogP contribution in [0.4, 0.5) is 5.69 Å². The second-order valence-electron chi connectivity index (χ2n) is 8.15. The number of rotatable bonds is 7. The Balaban J connectivity index is 1.44. The van der Waals surface area contributed by atoms with Crippen LogP contribution in [0.2, 0.25) is 0 Å². The van der Waals surface area contributed by atoms with Crippen LogP contribution < -0.4 is 10.1 Å². The Bertz CT molecular complexity index is 1460. The molecule has 1 amide bonds. The fourth-order valence-electron chi connectivity index (χ4n) is 4.06. The Kier molecular flexibility index (Phi) is 6.13. The van der Waals surface area contributed by atoms with E-state index in [1.807, 2.05) is 103 Å². The van der Waals surface area contributed by atoms with Crippen molar-refractivity contribution in [2.24, 2.45) is 0 Å². The summed E-state index contributed by atoms with van der Waals surface area (Å²) < 4.78 is 8.89. The second-order valence-corrected chi connectivity index (χ2v) is 8.15. The fourth-order valence-corrected chi connectivity index (χ4v) is 4.06. The zero-order valence-electron chi connectivity index (χ0n) is 19.6. The van der Waals surface area contributed by atoms with Gasteiger partial charge in [0.15, 0.2) is 0 Å². The van der Waals surface area contributed by atoms with Crippen LogP contribution in [0, 0.1) is 6.92 Å². The molecule has 0 aliphatic rings. The molecule has 7 nitrogen and oxygen atoms in total. The number of carbonyl (C=O) groups is 1. The highest BCUT2D eigenvalue weighted by atomic mass is 16.5. The minimum absolute atomic E-state index is 0.232. The Labute approximate surface area is 203 Å². The monoisotopic (exact) mass is 463 g/mol. The van der Waals surface area contributed by atoms with Gasteiger partial charge >= 0.3 is 0 Å². The number of nitrogens with zero attached hydrogens (tertiary/aromatic N) is 4. The molecule has 0 atom stereocenters. The number of methoxy groups -OCH3 is 1. The summed E-state index contributed by atoms with van der Waals surface area (Å²) in [5.74, 6) is 0.562. The third-order valence-corrected chi connectivity index (χ3v) is 5.76. The van der Waals surface area contributed by atoms with Crippen LogP contribution in [-0.4, -0.2) is 32.6 Å². The number of ether oxygens (including phenoxy) is 1. The molecule has 5 rings (SSSR count). The smallest absolute Gasteiger partial charge is 0.259 e. The lowest BCUT2D eigenvalue weighted by molar-refractivity contribution is 0.102. The molecule has 174 valence electrons. The van der Waals surface area contributed by atoms with Gasteiger partial charge in [-0.2, -0.15) is 10.2 Å². The van der Waals surface area contributed by atoms with E-state index in [1.165, 1.54) is 0 Å². The van der Waals surface area contributed by atoms with E-state index < -0.39 is 0 Å². The molecule has 1 N–H and O–H groups in total. The van der Waals surface area contributed by atoms with Crippen molar-refractivity contribution in [3.05, 3.63) is 114 Å². The van der Waals surface area contributed by atoms with Gasteiger partial charge in [-0.3, -0.25) is 9.48 Å². The van der Waals surface area contributed by atoms with Gasteiger partial charge in [0, 0.05) is 11.8 Å². The Morgan fingerprint density at radius 1 is 0.971 bits per heavy atom. The summed E-state index contributed by atoms with van der Waals surface area (Å²) in [6, 6.07) is 27.4. The van der Waals surface area contributed by atoms with Crippen molar-refractivity contribution in [3.63, 3.8) is 0 Å². The first-order valence-corrected chi connectivity index (χ1v) is 11.3. The van der Waals surface area contributed by atoms with Crippen molar-refractivity contribution in [2.75, 3.05) is 12.4 Å². The highest BCUT2D eigenvalue weighted by Crippen LogP contribution is 2.28. The molecule has 5 aromatic rings. The number of nitrogens with one attached hydrogen (secondary N) is 1. The van der Waals surface area contributed by atoms with E-state index in [0.717, 1.165) is 28.3 Å². The molecule has 0 aliphatic heterocycles. The number of aromatic nitrogens is 4. The number of anilines is 1. The van der Waals surface area contributed by atoms with Crippen LogP contribution in [0.1, 0.15) is 21.6 Å². The van der Waals surface area contributed by atoms with Crippen LogP contribution in [-0.2, 0) is 6.54 Å². The number of benzene rings is 3. The van der Waals surface area contributed by atoms with E-state index in [-0.39, 0.29) is 5.91 Å². The Morgan fingerprint density at radius 3 is 2.46 bits per heavy atom. The molecular formula is C28H25N5O2. The summed E-state index contributed by atoms with van der Waals surface area (Å²) in [5.41, 5.74) is 5.36. The van der Waals surface area contributed by atoms with Gasteiger partial charge in [-0.1, -0.05) is 60.7 Å². The molecule has 0 unspecified atom stereocenters. The second kappa shape index (κ2) is 9.69. The maximum absolute atomic E-state index is 13.5. The van der Waals surface area contributed by atoms with Gasteiger partial charge in [-0.05, 0) is 36.8 Å². The number of carbonyl (C=O) groups excluding carboxylic acids is 1. The highest BCUT2D eigenvalue weighted by molar-refractivity contribution is 6.09. The lowest BCUT2D eigenvalue weighted by Gasteiger charge is -2.06. The van der Waals surface area contributed by atoms with Crippen LogP contribution >= 0.6 is 0 Å². The first-order valence-electron chi connectivity index (χ1n) is 11.3. The van der Waals surface area contributed by atoms with Crippen LogP contribution in [0.5, 0.6) is 5.75 Å². The van der Waals surface area contributed by atoms with Gasteiger partial charge in [0.25, 0.3) is 5.91 Å². The number of para-hydroxylation sites is 1. The van der Waals surface area contributed by atoms with Crippen LogP contribution in [0.25, 0.3) is 16.9 Å². The largest absolute Gasteiger partial charge is 0.497 e. The molecule has 3 aromatic carbocycles. The number of amides is 1. The third kappa shape index (κ3) is 4.70. The molecular weight excluding hydrogens is 438 g/mol. The molecule has 2 aromatic heterocycles. The van der Waals surface area contributed by atoms with E-state index in [2.05, 4.69) is 10.4 Å². The van der Waals surface area contributed by atoms with Crippen molar-refractivity contribution in [1.29, 1.82) is 0 Å². The zero-order chi connectivity index (χ0) is 24.2. The van der Waals surface area contributed by atoms with Crippen molar-refractivity contribution in [3.8, 4) is 22.7 Å². The van der Waals surface area contributed by atoms with Crippen molar-refractivity contribution >= 4 is 11.6 Å². The first kappa shape index (κ1) is 22.2. The molecule has 0 saturated heterocycles. The summed E-state index contributed by atoms with van der Waals surface area (Å²) in [6.07, 6.45) is 3.47. The average molecular weight is 464 g/mol. The number of hydrogen-bond acceptors (Lipinski definition) is 4. The molecule has 0 saturated carbocycles. The number of hydrogen-bond donors (Lipinski definition) is 1. The summed E-state index contributed by atoms with van der Waals surface area (Å²) in [7, 11) is 1.65. The standard InChI is InChI=1S/C28H25N5O2/c1-20-26(27(22-11-5-3-6-12-22)31-33(20)24-13-7-4-8-14-24)28(34)30-23-17-29-32(19-23)18-21-10-9-15-25(16-21)35-2/h3-17,19H,18H2,1-2H3,(H,30,34). The molecule has 7 heteroatoms. The van der Waals surface area contributed by atoms with Gasteiger partial charge in [0.1, 0.15) is 11.4 Å². The molecule has 0 aliphatic carbocycles. The summed E-state index contributed by atoms with van der Waals surface area (Å²) in [4.78, 5) is 13.5. The lowest BCUT2D eigenvalue weighted by Crippen LogP contribution is -2.13. The fraction of sp³-hybridized carbons (Fsp3) is 0.107. The van der Waals surface area contributed by atoms with E-state index in [0.29, 0.717) is 23.5 Å². The van der Waals surface area contributed by atoms with Gasteiger partial charge in [0.2, 0.25) is 0 Å². The molecule has 0 bridgehead atoms. The van der Waals surface area contributed by atoms with Gasteiger partial charge in [0.05, 0.1) is 42.5 Å².